The van der Waals surface area contributed by atoms with Crippen LogP contribution in [0.25, 0.3) is 0 Å². The zero-order valence-corrected chi connectivity index (χ0v) is 8.37. The Bertz CT molecular complexity index is 439. The molecule has 0 radical (unpaired) electrons. The SMILES string of the molecule is NCC(c1cc(F)c(F)cc1[N+](=O)[O-])C(F)F. The van der Waals surface area contributed by atoms with Gasteiger partial charge in [0.25, 0.3) is 5.69 Å². The molecular weight excluding hydrogens is 244 g/mol. The van der Waals surface area contributed by atoms with Gasteiger partial charge in [-0.3, -0.25) is 10.1 Å². The molecule has 94 valence electrons. The van der Waals surface area contributed by atoms with Gasteiger partial charge in [0.05, 0.1) is 16.9 Å². The lowest BCUT2D eigenvalue weighted by Crippen LogP contribution is -2.21. The molecule has 0 amide bonds. The lowest BCUT2D eigenvalue weighted by Gasteiger charge is -2.14. The average molecular weight is 252 g/mol. The molecule has 0 aliphatic rings. The maximum absolute atomic E-state index is 12.9. The lowest BCUT2D eigenvalue weighted by molar-refractivity contribution is -0.386. The second-order valence-electron chi connectivity index (χ2n) is 3.26. The number of nitrogens with two attached hydrogens (primary N) is 1. The van der Waals surface area contributed by atoms with Gasteiger partial charge in [-0.2, -0.15) is 0 Å². The van der Waals surface area contributed by atoms with Crippen molar-refractivity contribution in [3.63, 3.8) is 0 Å². The Hall–Kier alpha value is -1.70. The van der Waals surface area contributed by atoms with Crippen molar-refractivity contribution in [3.05, 3.63) is 39.4 Å². The molecular formula is C9H8F4N2O2. The van der Waals surface area contributed by atoms with Crippen LogP contribution in [0.2, 0.25) is 0 Å². The van der Waals surface area contributed by atoms with Gasteiger partial charge >= 0.3 is 0 Å². The monoisotopic (exact) mass is 252 g/mol. The summed E-state index contributed by atoms with van der Waals surface area (Å²) in [6, 6.07) is 0.660. The summed E-state index contributed by atoms with van der Waals surface area (Å²) in [4.78, 5) is 9.51. The van der Waals surface area contributed by atoms with Gasteiger partial charge in [-0.05, 0) is 6.07 Å². The molecule has 0 saturated heterocycles. The maximum Gasteiger partial charge on any atom is 0.276 e. The summed E-state index contributed by atoms with van der Waals surface area (Å²) >= 11 is 0. The van der Waals surface area contributed by atoms with Gasteiger partial charge in [-0.25, -0.2) is 17.6 Å². The average Bonchev–Trinajstić information content (AvgIpc) is 2.22. The number of rotatable bonds is 4. The quantitative estimate of drug-likeness (QED) is 0.507. The van der Waals surface area contributed by atoms with Crippen molar-refractivity contribution in [2.24, 2.45) is 5.73 Å². The highest BCUT2D eigenvalue weighted by atomic mass is 19.3. The standard InChI is InChI=1S/C9H8F4N2O2/c10-6-1-4(5(3-14)9(12)13)8(15(16)17)2-7(6)11/h1-2,5,9H,3,14H2. The molecule has 0 aromatic heterocycles. The molecule has 1 aromatic carbocycles. The van der Waals surface area contributed by atoms with E-state index in [0.29, 0.717) is 6.07 Å². The summed E-state index contributed by atoms with van der Waals surface area (Å²) in [5.74, 6) is -4.60. The van der Waals surface area contributed by atoms with Crippen molar-refractivity contribution in [2.45, 2.75) is 12.3 Å². The van der Waals surface area contributed by atoms with E-state index in [0.717, 1.165) is 0 Å². The summed E-state index contributed by atoms with van der Waals surface area (Å²) in [5.41, 5.74) is 3.54. The van der Waals surface area contributed by atoms with Crippen LogP contribution in [0.3, 0.4) is 0 Å². The maximum atomic E-state index is 12.9. The second kappa shape index (κ2) is 5.09. The van der Waals surface area contributed by atoms with Crippen LogP contribution in [-0.2, 0) is 0 Å². The first kappa shape index (κ1) is 13.4. The van der Waals surface area contributed by atoms with Crippen molar-refractivity contribution >= 4 is 5.69 Å². The molecule has 17 heavy (non-hydrogen) atoms. The third-order valence-corrected chi connectivity index (χ3v) is 2.22. The Morgan fingerprint density at radius 2 is 1.82 bits per heavy atom. The van der Waals surface area contributed by atoms with Crippen molar-refractivity contribution in [1.29, 1.82) is 0 Å². The molecule has 1 atom stereocenters. The van der Waals surface area contributed by atoms with E-state index in [-0.39, 0.29) is 6.07 Å². The van der Waals surface area contributed by atoms with Crippen LogP contribution < -0.4 is 5.73 Å². The Morgan fingerprint density at radius 3 is 2.24 bits per heavy atom. The van der Waals surface area contributed by atoms with Crippen LogP contribution >= 0.6 is 0 Å². The van der Waals surface area contributed by atoms with E-state index in [4.69, 9.17) is 5.73 Å². The van der Waals surface area contributed by atoms with Crippen molar-refractivity contribution < 1.29 is 22.5 Å². The third kappa shape index (κ3) is 2.70. The number of nitro benzene ring substituents is 1. The van der Waals surface area contributed by atoms with Gasteiger partial charge in [0.15, 0.2) is 11.6 Å². The summed E-state index contributed by atoms with van der Waals surface area (Å²) in [6.45, 7) is -0.608. The van der Waals surface area contributed by atoms with Gasteiger partial charge < -0.3 is 5.73 Å². The normalized spacial score (nSPS) is 12.8. The van der Waals surface area contributed by atoms with E-state index >= 15 is 0 Å². The lowest BCUT2D eigenvalue weighted by atomic mass is 9.97. The number of benzene rings is 1. The highest BCUT2D eigenvalue weighted by Gasteiger charge is 2.30. The fourth-order valence-electron chi connectivity index (χ4n) is 1.37. The molecule has 0 aliphatic heterocycles. The Labute approximate surface area is 93.2 Å². The molecule has 2 N–H and O–H groups in total. The number of nitro groups is 1. The Kier molecular flexibility index (Phi) is 4.00. The van der Waals surface area contributed by atoms with Crippen LogP contribution in [0.4, 0.5) is 23.2 Å². The summed E-state index contributed by atoms with van der Waals surface area (Å²) < 4.78 is 50.8. The van der Waals surface area contributed by atoms with Crippen molar-refractivity contribution in [2.75, 3.05) is 6.54 Å². The highest BCUT2D eigenvalue weighted by Crippen LogP contribution is 2.32. The fourth-order valence-corrected chi connectivity index (χ4v) is 1.37. The van der Waals surface area contributed by atoms with E-state index in [2.05, 4.69) is 0 Å². The van der Waals surface area contributed by atoms with Crippen LogP contribution in [0.1, 0.15) is 11.5 Å². The number of hydrogen-bond donors (Lipinski definition) is 1. The molecule has 8 heteroatoms. The van der Waals surface area contributed by atoms with Crippen LogP contribution in [-0.4, -0.2) is 17.9 Å². The number of halogens is 4. The largest absolute Gasteiger partial charge is 0.330 e. The zero-order chi connectivity index (χ0) is 13.2. The molecule has 1 unspecified atom stereocenters. The van der Waals surface area contributed by atoms with Crippen molar-refractivity contribution in [3.8, 4) is 0 Å². The van der Waals surface area contributed by atoms with Gasteiger partial charge in [0.1, 0.15) is 0 Å². The summed E-state index contributed by atoms with van der Waals surface area (Å²) in [5, 5.41) is 10.6. The zero-order valence-electron chi connectivity index (χ0n) is 8.37. The first-order chi connectivity index (χ1) is 7.88. The molecule has 0 bridgehead atoms. The predicted octanol–water partition coefficient (Wildman–Crippen LogP) is 2.18. The van der Waals surface area contributed by atoms with Gasteiger partial charge in [-0.15, -0.1) is 0 Å². The van der Waals surface area contributed by atoms with E-state index in [9.17, 15) is 27.7 Å². The first-order valence-electron chi connectivity index (χ1n) is 4.50. The molecule has 1 rings (SSSR count). The predicted molar refractivity (Wildman–Crippen MR) is 50.8 cm³/mol. The molecule has 0 aliphatic carbocycles. The molecule has 0 saturated carbocycles. The molecule has 0 spiro atoms. The topological polar surface area (TPSA) is 69.2 Å². The van der Waals surface area contributed by atoms with Crippen LogP contribution in [0.15, 0.2) is 12.1 Å². The molecule has 4 nitrogen and oxygen atoms in total. The minimum atomic E-state index is -3.00. The molecule has 0 fully saturated rings. The van der Waals surface area contributed by atoms with Crippen LogP contribution in [0, 0.1) is 21.7 Å². The van der Waals surface area contributed by atoms with Gasteiger partial charge in [0.2, 0.25) is 6.43 Å². The minimum Gasteiger partial charge on any atom is -0.330 e. The number of nitrogens with zero attached hydrogens (tertiary/aromatic N) is 1. The Balaban J connectivity index is 3.39. The number of hydrogen-bond acceptors (Lipinski definition) is 3. The second-order valence-corrected chi connectivity index (χ2v) is 3.26. The van der Waals surface area contributed by atoms with Crippen molar-refractivity contribution in [1.82, 2.24) is 0 Å². The Morgan fingerprint density at radius 1 is 1.29 bits per heavy atom. The first-order valence-corrected chi connectivity index (χ1v) is 4.50. The third-order valence-electron chi connectivity index (χ3n) is 2.22. The summed E-state index contributed by atoms with van der Waals surface area (Å²) in [6.07, 6.45) is -3.00. The number of alkyl halides is 2. The van der Waals surface area contributed by atoms with E-state index in [1.54, 1.807) is 0 Å². The van der Waals surface area contributed by atoms with Crippen LogP contribution in [0.5, 0.6) is 0 Å². The molecule has 1 aromatic rings. The van der Waals surface area contributed by atoms with Gasteiger partial charge in [0, 0.05) is 12.1 Å². The molecule has 0 heterocycles. The highest BCUT2D eigenvalue weighted by molar-refractivity contribution is 5.44. The van der Waals surface area contributed by atoms with E-state index in [1.807, 2.05) is 0 Å². The summed E-state index contributed by atoms with van der Waals surface area (Å²) in [7, 11) is 0. The fraction of sp³-hybridized carbons (Fsp3) is 0.333. The van der Waals surface area contributed by atoms with E-state index < -0.39 is 46.7 Å². The van der Waals surface area contributed by atoms with E-state index in [1.165, 1.54) is 0 Å². The van der Waals surface area contributed by atoms with Gasteiger partial charge in [-0.1, -0.05) is 0 Å². The smallest absolute Gasteiger partial charge is 0.276 e. The minimum absolute atomic E-state index is 0.274.